The molecule has 0 saturated carbocycles. The van der Waals surface area contributed by atoms with E-state index in [4.69, 9.17) is 4.74 Å². The molecule has 0 N–H and O–H groups in total. The van der Waals surface area contributed by atoms with E-state index < -0.39 is 17.2 Å². The van der Waals surface area contributed by atoms with Crippen LogP contribution in [0.25, 0.3) is 0 Å². The van der Waals surface area contributed by atoms with Gasteiger partial charge in [-0.1, -0.05) is 6.07 Å². The number of carbonyl (C=O) groups excluding carboxylic acids is 1. The van der Waals surface area contributed by atoms with E-state index in [1.165, 1.54) is 11.1 Å². The molecule has 1 atom stereocenters. The summed E-state index contributed by atoms with van der Waals surface area (Å²) in [5, 5.41) is 11.6. The highest BCUT2D eigenvalue weighted by atomic mass is 16.6. The highest BCUT2D eigenvalue weighted by molar-refractivity contribution is 5.68. The summed E-state index contributed by atoms with van der Waals surface area (Å²) in [5.74, 6) is 0. The fourth-order valence-corrected chi connectivity index (χ4v) is 2.37. The Balaban J connectivity index is 2.21. The number of aromatic nitrogens is 1. The van der Waals surface area contributed by atoms with Gasteiger partial charge >= 0.3 is 6.09 Å². The lowest BCUT2D eigenvalue weighted by Gasteiger charge is -2.25. The fourth-order valence-electron chi connectivity index (χ4n) is 2.37. The molecule has 0 aliphatic carbocycles. The molecule has 114 valence electrons. The van der Waals surface area contributed by atoms with Crippen LogP contribution in [0.3, 0.4) is 0 Å². The molecule has 1 aliphatic rings. The third-order valence-corrected chi connectivity index (χ3v) is 3.39. The van der Waals surface area contributed by atoms with Crippen molar-refractivity contribution >= 4 is 6.09 Å². The second-order valence-electron chi connectivity index (χ2n) is 6.16. The molecule has 1 fully saturated rings. The van der Waals surface area contributed by atoms with Crippen molar-refractivity contribution in [1.82, 2.24) is 9.88 Å². The van der Waals surface area contributed by atoms with E-state index in [0.29, 0.717) is 5.69 Å². The van der Waals surface area contributed by atoms with E-state index in [9.17, 15) is 14.9 Å². The van der Waals surface area contributed by atoms with Crippen molar-refractivity contribution in [1.29, 1.82) is 0 Å². The third-order valence-electron chi connectivity index (χ3n) is 3.39. The summed E-state index contributed by atoms with van der Waals surface area (Å²) in [5.41, 5.74) is -1.60. The molecular formula is C14H19N3O4. The molecule has 1 unspecified atom stereocenters. The zero-order chi connectivity index (χ0) is 15.7. The van der Waals surface area contributed by atoms with Crippen molar-refractivity contribution in [3.05, 3.63) is 40.2 Å². The number of hydrogen-bond acceptors (Lipinski definition) is 5. The van der Waals surface area contributed by atoms with Gasteiger partial charge in [0.05, 0.1) is 0 Å². The number of rotatable bonds is 2. The molecule has 0 radical (unpaired) electrons. The van der Waals surface area contributed by atoms with Crippen LogP contribution in [0.15, 0.2) is 24.4 Å². The Morgan fingerprint density at radius 2 is 2.19 bits per heavy atom. The smallest absolute Gasteiger partial charge is 0.410 e. The molecule has 7 heteroatoms. The Bertz CT molecular complexity index is 541. The second-order valence-corrected chi connectivity index (χ2v) is 6.16. The number of nitro groups is 1. The van der Waals surface area contributed by atoms with Gasteiger partial charge in [-0.25, -0.2) is 4.79 Å². The molecule has 21 heavy (non-hydrogen) atoms. The maximum absolute atomic E-state index is 12.1. The Hall–Kier alpha value is -2.18. The van der Waals surface area contributed by atoms with E-state index in [2.05, 4.69) is 4.98 Å². The average molecular weight is 293 g/mol. The van der Waals surface area contributed by atoms with Gasteiger partial charge in [-0.05, 0) is 32.9 Å². The van der Waals surface area contributed by atoms with Gasteiger partial charge in [0.1, 0.15) is 17.8 Å². The number of hydrogen-bond donors (Lipinski definition) is 0. The molecule has 1 saturated heterocycles. The van der Waals surface area contributed by atoms with Crippen LogP contribution in [0, 0.1) is 10.1 Å². The molecule has 1 aromatic rings. The molecule has 1 amide bonds. The van der Waals surface area contributed by atoms with E-state index in [0.717, 1.165) is 0 Å². The summed E-state index contributed by atoms with van der Waals surface area (Å²) < 4.78 is 5.27. The summed E-state index contributed by atoms with van der Waals surface area (Å²) in [4.78, 5) is 28.8. The lowest BCUT2D eigenvalue weighted by molar-refractivity contribution is -0.575. The van der Waals surface area contributed by atoms with Crippen molar-refractivity contribution in [3.8, 4) is 0 Å². The zero-order valence-electron chi connectivity index (χ0n) is 12.4. The van der Waals surface area contributed by atoms with Crippen molar-refractivity contribution in [2.24, 2.45) is 0 Å². The van der Waals surface area contributed by atoms with Gasteiger partial charge in [0, 0.05) is 24.1 Å². The lowest BCUT2D eigenvalue weighted by Crippen LogP contribution is -2.42. The Morgan fingerprint density at radius 3 is 2.71 bits per heavy atom. The van der Waals surface area contributed by atoms with Crippen LogP contribution in [0.2, 0.25) is 0 Å². The number of ether oxygens (including phenoxy) is 1. The third kappa shape index (κ3) is 3.12. The minimum Gasteiger partial charge on any atom is -0.444 e. The molecule has 7 nitrogen and oxygen atoms in total. The van der Waals surface area contributed by atoms with Crippen LogP contribution in [0.4, 0.5) is 4.79 Å². The van der Waals surface area contributed by atoms with E-state index in [1.807, 2.05) is 0 Å². The maximum Gasteiger partial charge on any atom is 0.410 e. The standard InChI is InChI=1S/C14H19N3O4/c1-13(2,3)21-12(18)16-9-7-14(10-16,17(19)20)11-6-4-5-8-15-11/h4-6,8H,7,9-10H2,1-3H3. The number of amides is 1. The van der Waals surface area contributed by atoms with E-state index >= 15 is 0 Å². The van der Waals surface area contributed by atoms with Crippen molar-refractivity contribution in [2.75, 3.05) is 13.1 Å². The summed E-state index contributed by atoms with van der Waals surface area (Å²) in [7, 11) is 0. The Morgan fingerprint density at radius 1 is 1.48 bits per heavy atom. The van der Waals surface area contributed by atoms with Gasteiger partial charge in [0.2, 0.25) is 0 Å². The predicted octanol–water partition coefficient (Wildman–Crippen LogP) is 2.19. The first-order valence-corrected chi connectivity index (χ1v) is 6.78. The maximum atomic E-state index is 12.1. The monoisotopic (exact) mass is 293 g/mol. The van der Waals surface area contributed by atoms with Gasteiger partial charge in [0.15, 0.2) is 0 Å². The normalized spacial score (nSPS) is 22.1. The molecule has 1 aliphatic heterocycles. The summed E-state index contributed by atoms with van der Waals surface area (Å²) >= 11 is 0. The van der Waals surface area contributed by atoms with Crippen molar-refractivity contribution in [3.63, 3.8) is 0 Å². The van der Waals surface area contributed by atoms with Crippen LogP contribution in [0.5, 0.6) is 0 Å². The average Bonchev–Trinajstić information content (AvgIpc) is 2.84. The second kappa shape index (κ2) is 5.31. The molecule has 2 rings (SSSR count). The van der Waals surface area contributed by atoms with Gasteiger partial charge in [0.25, 0.3) is 5.54 Å². The quantitative estimate of drug-likeness (QED) is 0.616. The number of nitrogens with zero attached hydrogens (tertiary/aromatic N) is 3. The Labute approximate surface area is 123 Å². The molecule has 0 spiro atoms. The highest BCUT2D eigenvalue weighted by Crippen LogP contribution is 2.34. The molecule has 1 aromatic heterocycles. The zero-order valence-corrected chi connectivity index (χ0v) is 12.4. The minimum absolute atomic E-state index is 0.0219. The van der Waals surface area contributed by atoms with Crippen LogP contribution in [-0.2, 0) is 10.3 Å². The molecule has 2 heterocycles. The topological polar surface area (TPSA) is 85.6 Å². The first kappa shape index (κ1) is 15.2. The van der Waals surface area contributed by atoms with Gasteiger partial charge in [-0.15, -0.1) is 0 Å². The summed E-state index contributed by atoms with van der Waals surface area (Å²) in [6.07, 6.45) is 1.23. The van der Waals surface area contributed by atoms with Crippen molar-refractivity contribution < 1.29 is 14.5 Å². The van der Waals surface area contributed by atoms with Crippen LogP contribution in [-0.4, -0.2) is 39.6 Å². The van der Waals surface area contributed by atoms with Gasteiger partial charge in [-0.3, -0.25) is 15.1 Å². The molecule has 0 aromatic carbocycles. The predicted molar refractivity (Wildman–Crippen MR) is 75.3 cm³/mol. The fraction of sp³-hybridized carbons (Fsp3) is 0.571. The molecule has 0 bridgehead atoms. The lowest BCUT2D eigenvalue weighted by atomic mass is 9.94. The van der Waals surface area contributed by atoms with E-state index in [-0.39, 0.29) is 24.4 Å². The van der Waals surface area contributed by atoms with Crippen LogP contribution < -0.4 is 0 Å². The number of likely N-dealkylation sites (tertiary alicyclic amines) is 1. The summed E-state index contributed by atoms with van der Waals surface area (Å²) in [6.45, 7) is 5.56. The highest BCUT2D eigenvalue weighted by Gasteiger charge is 2.53. The summed E-state index contributed by atoms with van der Waals surface area (Å²) in [6, 6.07) is 5.04. The minimum atomic E-state index is -1.35. The first-order chi connectivity index (χ1) is 9.74. The number of carbonyl (C=O) groups is 1. The Kier molecular flexibility index (Phi) is 3.85. The van der Waals surface area contributed by atoms with Crippen molar-refractivity contribution in [2.45, 2.75) is 38.3 Å². The van der Waals surface area contributed by atoms with E-state index in [1.54, 1.807) is 39.0 Å². The van der Waals surface area contributed by atoms with Crippen LogP contribution in [0.1, 0.15) is 32.9 Å². The first-order valence-electron chi connectivity index (χ1n) is 6.78. The van der Waals surface area contributed by atoms with Gasteiger partial charge < -0.3 is 9.64 Å². The number of pyridine rings is 1. The SMILES string of the molecule is CC(C)(C)OC(=O)N1CCC(c2ccccn2)([N+](=O)[O-])C1. The van der Waals surface area contributed by atoms with Gasteiger partial charge in [-0.2, -0.15) is 0 Å². The largest absolute Gasteiger partial charge is 0.444 e. The molecular weight excluding hydrogens is 274 g/mol. The van der Waals surface area contributed by atoms with Crippen LogP contribution >= 0.6 is 0 Å².